The van der Waals surface area contributed by atoms with E-state index in [2.05, 4.69) is 29.0 Å². The number of nitrogens with zero attached hydrogens (tertiary/aromatic N) is 2. The molecule has 1 aliphatic heterocycles. The maximum atomic E-state index is 12.7. The van der Waals surface area contributed by atoms with Crippen molar-refractivity contribution in [2.75, 3.05) is 26.7 Å². The standard InChI is InChI=1S/C13H20F3N3OS/c1-8(2)19-4-5-20-9(7-19)11(17-3)10-6-18-12(21-10)13(14,15)16/h6,8-9,11,17H,4-5,7H2,1-3H3. The summed E-state index contributed by atoms with van der Waals surface area (Å²) in [5.74, 6) is 0. The van der Waals surface area contributed by atoms with Crippen LogP contribution in [0.4, 0.5) is 13.2 Å². The fraction of sp³-hybridized carbons (Fsp3) is 0.769. The number of nitrogens with one attached hydrogen (secondary N) is 1. The number of thiazole rings is 1. The summed E-state index contributed by atoms with van der Waals surface area (Å²) in [6.07, 6.45) is -3.27. The van der Waals surface area contributed by atoms with Crippen LogP contribution in [-0.4, -0.2) is 48.8 Å². The van der Waals surface area contributed by atoms with Crippen molar-refractivity contribution < 1.29 is 17.9 Å². The highest BCUT2D eigenvalue weighted by Gasteiger charge is 2.37. The van der Waals surface area contributed by atoms with Crippen molar-refractivity contribution in [1.29, 1.82) is 0 Å². The molecule has 4 nitrogen and oxygen atoms in total. The molecule has 1 fully saturated rings. The Hall–Kier alpha value is -0.700. The average molecular weight is 323 g/mol. The van der Waals surface area contributed by atoms with Crippen molar-refractivity contribution in [2.24, 2.45) is 0 Å². The topological polar surface area (TPSA) is 37.4 Å². The molecule has 0 bridgehead atoms. The third-order valence-electron chi connectivity index (χ3n) is 3.61. The van der Waals surface area contributed by atoms with Gasteiger partial charge in [0.1, 0.15) is 0 Å². The van der Waals surface area contributed by atoms with Crippen LogP contribution in [0.1, 0.15) is 29.8 Å². The summed E-state index contributed by atoms with van der Waals surface area (Å²) in [5, 5.41) is 2.25. The molecule has 8 heteroatoms. The average Bonchev–Trinajstić information content (AvgIpc) is 2.89. The highest BCUT2D eigenvalue weighted by Crippen LogP contribution is 2.35. The fourth-order valence-electron chi connectivity index (χ4n) is 2.44. The Morgan fingerprint density at radius 3 is 2.71 bits per heavy atom. The number of hydrogen-bond acceptors (Lipinski definition) is 5. The Kier molecular flexibility index (Phi) is 5.24. The second kappa shape index (κ2) is 6.60. The summed E-state index contributed by atoms with van der Waals surface area (Å²) in [6, 6.07) is 0.112. The molecule has 1 aromatic rings. The molecule has 0 amide bonds. The zero-order valence-electron chi connectivity index (χ0n) is 12.3. The molecule has 0 spiro atoms. The van der Waals surface area contributed by atoms with Gasteiger partial charge in [0.25, 0.3) is 0 Å². The van der Waals surface area contributed by atoms with E-state index in [-0.39, 0.29) is 12.1 Å². The van der Waals surface area contributed by atoms with Gasteiger partial charge in [-0.05, 0) is 20.9 Å². The van der Waals surface area contributed by atoms with E-state index >= 15 is 0 Å². The van der Waals surface area contributed by atoms with E-state index < -0.39 is 11.2 Å². The van der Waals surface area contributed by atoms with Crippen LogP contribution in [0, 0.1) is 0 Å². The van der Waals surface area contributed by atoms with E-state index in [4.69, 9.17) is 4.74 Å². The van der Waals surface area contributed by atoms with Gasteiger partial charge in [0.05, 0.1) is 18.8 Å². The van der Waals surface area contributed by atoms with Gasteiger partial charge in [-0.3, -0.25) is 4.90 Å². The molecular formula is C13H20F3N3OS. The second-order valence-electron chi connectivity index (χ2n) is 5.33. The zero-order chi connectivity index (χ0) is 15.6. The SMILES string of the molecule is CNC(c1cnc(C(F)(F)F)s1)C1CN(C(C)C)CCO1. The maximum absolute atomic E-state index is 12.7. The van der Waals surface area contributed by atoms with Gasteiger partial charge in [0, 0.05) is 30.2 Å². The van der Waals surface area contributed by atoms with Gasteiger partial charge in [-0.15, -0.1) is 11.3 Å². The predicted octanol–water partition coefficient (Wildman–Crippen LogP) is 2.53. The van der Waals surface area contributed by atoms with Crippen molar-refractivity contribution in [2.45, 2.75) is 38.2 Å². The Bertz CT molecular complexity index is 464. The molecule has 0 saturated carbocycles. The lowest BCUT2D eigenvalue weighted by Gasteiger charge is -2.38. The van der Waals surface area contributed by atoms with E-state index in [0.717, 1.165) is 6.54 Å². The van der Waals surface area contributed by atoms with E-state index in [9.17, 15) is 13.2 Å². The van der Waals surface area contributed by atoms with Gasteiger partial charge < -0.3 is 10.1 Å². The van der Waals surface area contributed by atoms with Crippen molar-refractivity contribution >= 4 is 11.3 Å². The van der Waals surface area contributed by atoms with Gasteiger partial charge in [-0.1, -0.05) is 0 Å². The smallest absolute Gasteiger partial charge is 0.374 e. The number of morpholine rings is 1. The number of likely N-dealkylation sites (N-methyl/N-ethyl adjacent to an activating group) is 1. The summed E-state index contributed by atoms with van der Waals surface area (Å²) in [6.45, 7) is 6.34. The van der Waals surface area contributed by atoms with E-state index in [1.165, 1.54) is 6.20 Å². The fourth-order valence-corrected chi connectivity index (χ4v) is 3.39. The summed E-state index contributed by atoms with van der Waals surface area (Å²) in [7, 11) is 1.73. The van der Waals surface area contributed by atoms with Crippen molar-refractivity contribution in [3.05, 3.63) is 16.1 Å². The van der Waals surface area contributed by atoms with Gasteiger partial charge in [0.2, 0.25) is 0 Å². The number of hydrogen-bond donors (Lipinski definition) is 1. The first-order chi connectivity index (χ1) is 9.82. The van der Waals surface area contributed by atoms with Gasteiger partial charge in [0.15, 0.2) is 5.01 Å². The highest BCUT2D eigenvalue weighted by molar-refractivity contribution is 7.11. The monoisotopic (exact) mass is 323 g/mol. The number of rotatable bonds is 4. The lowest BCUT2D eigenvalue weighted by atomic mass is 10.1. The lowest BCUT2D eigenvalue weighted by Crippen LogP contribution is -2.49. The third-order valence-corrected chi connectivity index (χ3v) is 4.74. The Balaban J connectivity index is 2.14. The minimum absolute atomic E-state index is 0.173. The molecule has 1 aliphatic rings. The molecule has 2 rings (SSSR count). The van der Waals surface area contributed by atoms with Crippen LogP contribution >= 0.6 is 11.3 Å². The zero-order valence-corrected chi connectivity index (χ0v) is 13.1. The molecule has 2 heterocycles. The van der Waals surface area contributed by atoms with Crippen molar-refractivity contribution in [3.8, 4) is 0 Å². The molecule has 1 aromatic heterocycles. The summed E-state index contributed by atoms with van der Waals surface area (Å²) < 4.78 is 43.8. The number of alkyl halides is 3. The Morgan fingerprint density at radius 2 is 2.19 bits per heavy atom. The van der Waals surface area contributed by atoms with E-state index in [1.807, 2.05) is 0 Å². The van der Waals surface area contributed by atoms with Gasteiger partial charge in [-0.2, -0.15) is 13.2 Å². The van der Waals surface area contributed by atoms with E-state index in [0.29, 0.717) is 35.4 Å². The lowest BCUT2D eigenvalue weighted by molar-refractivity contribution is -0.137. The van der Waals surface area contributed by atoms with Crippen molar-refractivity contribution in [3.63, 3.8) is 0 Å². The molecular weight excluding hydrogens is 303 g/mol. The molecule has 2 unspecified atom stereocenters. The summed E-state index contributed by atoms with van der Waals surface area (Å²) in [4.78, 5) is 6.31. The number of aromatic nitrogens is 1. The molecule has 120 valence electrons. The predicted molar refractivity (Wildman–Crippen MR) is 75.4 cm³/mol. The van der Waals surface area contributed by atoms with Crippen LogP contribution in [0.25, 0.3) is 0 Å². The quantitative estimate of drug-likeness (QED) is 0.924. The molecule has 0 aliphatic carbocycles. The normalized spacial score (nSPS) is 22.7. The minimum atomic E-state index is -4.39. The van der Waals surface area contributed by atoms with Gasteiger partial charge in [-0.25, -0.2) is 4.98 Å². The molecule has 1 saturated heterocycles. The molecule has 21 heavy (non-hydrogen) atoms. The molecule has 0 radical (unpaired) electrons. The second-order valence-corrected chi connectivity index (χ2v) is 6.39. The maximum Gasteiger partial charge on any atom is 0.443 e. The largest absolute Gasteiger partial charge is 0.443 e. The van der Waals surface area contributed by atoms with Crippen LogP contribution in [0.2, 0.25) is 0 Å². The Morgan fingerprint density at radius 1 is 1.48 bits per heavy atom. The molecule has 2 atom stereocenters. The highest BCUT2D eigenvalue weighted by atomic mass is 32.1. The van der Waals surface area contributed by atoms with Crippen LogP contribution in [-0.2, 0) is 10.9 Å². The first kappa shape index (κ1) is 16.7. The number of halogens is 3. The first-order valence-electron chi connectivity index (χ1n) is 6.88. The van der Waals surface area contributed by atoms with E-state index in [1.54, 1.807) is 7.05 Å². The molecule has 1 N–H and O–H groups in total. The summed E-state index contributed by atoms with van der Waals surface area (Å²) in [5.41, 5.74) is 0. The Labute approximate surface area is 126 Å². The third kappa shape index (κ3) is 3.94. The van der Waals surface area contributed by atoms with Crippen molar-refractivity contribution in [1.82, 2.24) is 15.2 Å². The van der Waals surface area contributed by atoms with Gasteiger partial charge >= 0.3 is 6.18 Å². The summed E-state index contributed by atoms with van der Waals surface area (Å²) >= 11 is 0.679. The first-order valence-corrected chi connectivity index (χ1v) is 7.70. The molecule has 0 aromatic carbocycles. The van der Waals surface area contributed by atoms with Crippen LogP contribution < -0.4 is 5.32 Å². The number of ether oxygens (including phenoxy) is 1. The van der Waals surface area contributed by atoms with Crippen LogP contribution in [0.15, 0.2) is 6.20 Å². The van der Waals surface area contributed by atoms with Crippen LogP contribution in [0.3, 0.4) is 0 Å². The minimum Gasteiger partial charge on any atom is -0.374 e. The van der Waals surface area contributed by atoms with Crippen LogP contribution in [0.5, 0.6) is 0 Å².